The van der Waals surface area contributed by atoms with Crippen molar-refractivity contribution in [1.82, 2.24) is 5.32 Å². The molecular formula is C19H22N2OS. The van der Waals surface area contributed by atoms with Crippen molar-refractivity contribution >= 4 is 23.0 Å². The van der Waals surface area contributed by atoms with Gasteiger partial charge >= 0.3 is 0 Å². The fourth-order valence-electron chi connectivity index (χ4n) is 2.11. The lowest BCUT2D eigenvalue weighted by Gasteiger charge is -2.11. The Kier molecular flexibility index (Phi) is 7.14. The first kappa shape index (κ1) is 17.0. The van der Waals surface area contributed by atoms with Gasteiger partial charge in [0, 0.05) is 18.3 Å². The van der Waals surface area contributed by atoms with Crippen LogP contribution in [0.3, 0.4) is 0 Å². The van der Waals surface area contributed by atoms with Gasteiger partial charge in [0.15, 0.2) is 5.11 Å². The van der Waals surface area contributed by atoms with Crippen LogP contribution < -0.4 is 15.4 Å². The van der Waals surface area contributed by atoms with Crippen molar-refractivity contribution in [3.63, 3.8) is 0 Å². The maximum Gasteiger partial charge on any atom is 0.171 e. The Bertz CT molecular complexity index is 628. The summed E-state index contributed by atoms with van der Waals surface area (Å²) >= 11 is 5.19. The van der Waals surface area contributed by atoms with E-state index < -0.39 is 0 Å². The van der Waals surface area contributed by atoms with Gasteiger partial charge < -0.3 is 15.4 Å². The Labute approximate surface area is 143 Å². The Hall–Kier alpha value is -2.33. The van der Waals surface area contributed by atoms with Gasteiger partial charge in [0.05, 0.1) is 6.61 Å². The van der Waals surface area contributed by atoms with E-state index in [4.69, 9.17) is 17.0 Å². The van der Waals surface area contributed by atoms with Crippen LogP contribution in [-0.2, 0) is 6.42 Å². The van der Waals surface area contributed by atoms with Crippen LogP contribution in [0.15, 0.2) is 67.3 Å². The first-order valence-electron chi connectivity index (χ1n) is 7.70. The molecule has 0 unspecified atom stereocenters. The summed E-state index contributed by atoms with van der Waals surface area (Å²) in [5, 5.41) is 6.73. The normalized spacial score (nSPS) is 9.91. The zero-order chi connectivity index (χ0) is 16.3. The van der Waals surface area contributed by atoms with Gasteiger partial charge in [0.1, 0.15) is 5.75 Å². The highest BCUT2D eigenvalue weighted by atomic mass is 32.1. The molecule has 0 aliphatic rings. The Morgan fingerprint density at radius 2 is 1.96 bits per heavy atom. The van der Waals surface area contributed by atoms with Gasteiger partial charge in [-0.3, -0.25) is 0 Å². The highest BCUT2D eigenvalue weighted by molar-refractivity contribution is 7.80. The molecule has 0 atom stereocenters. The molecule has 0 saturated heterocycles. The van der Waals surface area contributed by atoms with Crippen molar-refractivity contribution in [3.8, 4) is 5.75 Å². The van der Waals surface area contributed by atoms with Crippen molar-refractivity contribution in [2.24, 2.45) is 0 Å². The van der Waals surface area contributed by atoms with Gasteiger partial charge in [-0.15, -0.1) is 6.58 Å². The summed E-state index contributed by atoms with van der Waals surface area (Å²) in [5.41, 5.74) is 2.25. The molecule has 0 amide bonds. The van der Waals surface area contributed by atoms with E-state index in [0.717, 1.165) is 24.3 Å². The molecule has 4 heteroatoms. The van der Waals surface area contributed by atoms with Gasteiger partial charge in [-0.05, 0) is 42.8 Å². The second kappa shape index (κ2) is 9.64. The lowest BCUT2D eigenvalue weighted by molar-refractivity contribution is 0.311. The predicted octanol–water partition coefficient (Wildman–Crippen LogP) is 4.17. The molecule has 0 saturated carbocycles. The molecule has 120 valence electrons. The first-order valence-corrected chi connectivity index (χ1v) is 8.11. The van der Waals surface area contributed by atoms with Crippen molar-refractivity contribution < 1.29 is 4.74 Å². The second-order valence-corrected chi connectivity index (χ2v) is 5.50. The topological polar surface area (TPSA) is 33.3 Å². The molecule has 2 aromatic rings. The standard InChI is InChI=1S/C19H22N2OS/c1-2-13-20-19(23)21-17-11-6-12-18(15-17)22-14-7-10-16-8-4-3-5-9-16/h2-6,8-9,11-12,15H,1,7,10,13-14H2,(H2,20,21,23). The molecule has 2 N–H and O–H groups in total. The monoisotopic (exact) mass is 326 g/mol. The van der Waals surface area contributed by atoms with Crippen molar-refractivity contribution in [2.75, 3.05) is 18.5 Å². The van der Waals surface area contributed by atoms with E-state index in [1.54, 1.807) is 6.08 Å². The predicted molar refractivity (Wildman–Crippen MR) is 101 cm³/mol. The molecule has 2 aromatic carbocycles. The number of hydrogen-bond acceptors (Lipinski definition) is 2. The smallest absolute Gasteiger partial charge is 0.171 e. The first-order chi connectivity index (χ1) is 11.3. The van der Waals surface area contributed by atoms with Gasteiger partial charge in [0.2, 0.25) is 0 Å². The quantitative estimate of drug-likeness (QED) is 0.433. The third-order valence-corrected chi connectivity index (χ3v) is 3.47. The van der Waals surface area contributed by atoms with Crippen LogP contribution in [0.4, 0.5) is 5.69 Å². The molecule has 0 heterocycles. The molecule has 0 aliphatic heterocycles. The van der Waals surface area contributed by atoms with Crippen molar-refractivity contribution in [3.05, 3.63) is 72.8 Å². The maximum absolute atomic E-state index is 5.81. The molecule has 0 fully saturated rings. The third kappa shape index (κ3) is 6.53. The highest BCUT2D eigenvalue weighted by Gasteiger charge is 2.00. The number of rotatable bonds is 8. The van der Waals surface area contributed by atoms with E-state index in [-0.39, 0.29) is 0 Å². The van der Waals surface area contributed by atoms with E-state index in [0.29, 0.717) is 18.3 Å². The average molecular weight is 326 g/mol. The summed E-state index contributed by atoms with van der Waals surface area (Å²) in [6, 6.07) is 18.3. The number of thiocarbonyl (C=S) groups is 1. The number of aryl methyl sites for hydroxylation is 1. The van der Waals surface area contributed by atoms with Crippen LogP contribution in [0, 0.1) is 0 Å². The van der Waals surface area contributed by atoms with Crippen LogP contribution in [0.2, 0.25) is 0 Å². The molecule has 0 spiro atoms. The zero-order valence-corrected chi connectivity index (χ0v) is 13.9. The summed E-state index contributed by atoms with van der Waals surface area (Å²) in [7, 11) is 0. The van der Waals surface area contributed by atoms with Gasteiger partial charge in [0.25, 0.3) is 0 Å². The molecule has 0 bridgehead atoms. The lowest BCUT2D eigenvalue weighted by atomic mass is 10.1. The minimum Gasteiger partial charge on any atom is -0.494 e. The number of nitrogens with one attached hydrogen (secondary N) is 2. The highest BCUT2D eigenvalue weighted by Crippen LogP contribution is 2.17. The van der Waals surface area contributed by atoms with Crippen molar-refractivity contribution in [1.29, 1.82) is 0 Å². The lowest BCUT2D eigenvalue weighted by Crippen LogP contribution is -2.28. The van der Waals surface area contributed by atoms with Crippen LogP contribution in [0.1, 0.15) is 12.0 Å². The largest absolute Gasteiger partial charge is 0.494 e. The SMILES string of the molecule is C=CCNC(=S)Nc1cccc(OCCCc2ccccc2)c1. The van der Waals surface area contributed by atoms with E-state index >= 15 is 0 Å². The minimum absolute atomic E-state index is 0.575. The summed E-state index contributed by atoms with van der Waals surface area (Å²) in [4.78, 5) is 0. The zero-order valence-electron chi connectivity index (χ0n) is 13.1. The third-order valence-electron chi connectivity index (χ3n) is 3.22. The summed E-state index contributed by atoms with van der Waals surface area (Å²) < 4.78 is 5.81. The number of anilines is 1. The molecule has 2 rings (SSSR count). The van der Waals surface area contributed by atoms with E-state index in [2.05, 4.69) is 41.5 Å². The van der Waals surface area contributed by atoms with Gasteiger partial charge in [-0.1, -0.05) is 42.5 Å². The molecule has 0 aliphatic carbocycles. The molecular weight excluding hydrogens is 304 g/mol. The van der Waals surface area contributed by atoms with Crippen LogP contribution in [-0.4, -0.2) is 18.3 Å². The van der Waals surface area contributed by atoms with Crippen LogP contribution in [0.25, 0.3) is 0 Å². The fraction of sp³-hybridized carbons (Fsp3) is 0.211. The van der Waals surface area contributed by atoms with E-state index in [9.17, 15) is 0 Å². The summed E-state index contributed by atoms with van der Waals surface area (Å²) in [5.74, 6) is 0.842. The second-order valence-electron chi connectivity index (χ2n) is 5.09. The van der Waals surface area contributed by atoms with Crippen LogP contribution >= 0.6 is 12.2 Å². The Balaban J connectivity index is 1.76. The minimum atomic E-state index is 0.575. The molecule has 3 nitrogen and oxygen atoms in total. The molecule has 0 radical (unpaired) electrons. The number of ether oxygens (including phenoxy) is 1. The Morgan fingerprint density at radius 1 is 1.13 bits per heavy atom. The summed E-state index contributed by atoms with van der Waals surface area (Å²) in [6.07, 6.45) is 3.77. The summed E-state index contributed by atoms with van der Waals surface area (Å²) in [6.45, 7) is 4.98. The molecule has 0 aromatic heterocycles. The van der Waals surface area contributed by atoms with Gasteiger partial charge in [-0.25, -0.2) is 0 Å². The van der Waals surface area contributed by atoms with E-state index in [1.165, 1.54) is 5.56 Å². The van der Waals surface area contributed by atoms with E-state index in [1.807, 2.05) is 30.3 Å². The fourth-order valence-corrected chi connectivity index (χ4v) is 2.32. The van der Waals surface area contributed by atoms with Crippen molar-refractivity contribution in [2.45, 2.75) is 12.8 Å². The maximum atomic E-state index is 5.81. The Morgan fingerprint density at radius 3 is 2.74 bits per heavy atom. The average Bonchev–Trinajstić information content (AvgIpc) is 2.58. The van der Waals surface area contributed by atoms with Crippen LogP contribution in [0.5, 0.6) is 5.75 Å². The number of hydrogen-bond donors (Lipinski definition) is 2. The molecule has 23 heavy (non-hydrogen) atoms. The van der Waals surface area contributed by atoms with Gasteiger partial charge in [-0.2, -0.15) is 0 Å². The number of benzene rings is 2.